The van der Waals surface area contributed by atoms with Crippen LogP contribution >= 0.6 is 0 Å². The van der Waals surface area contributed by atoms with Gasteiger partial charge in [-0.3, -0.25) is 9.69 Å². The summed E-state index contributed by atoms with van der Waals surface area (Å²) in [6.07, 6.45) is 3.87. The summed E-state index contributed by atoms with van der Waals surface area (Å²) >= 11 is 0. The number of rotatable bonds is 5. The Morgan fingerprint density at radius 2 is 1.89 bits per heavy atom. The van der Waals surface area contributed by atoms with Gasteiger partial charge in [0.15, 0.2) is 0 Å². The number of likely N-dealkylation sites (tertiary alicyclic amines) is 1. The van der Waals surface area contributed by atoms with Gasteiger partial charge in [0.2, 0.25) is 5.91 Å². The molecule has 27 heavy (non-hydrogen) atoms. The quantitative estimate of drug-likeness (QED) is 0.875. The maximum atomic E-state index is 12.7. The predicted octanol–water partition coefficient (Wildman–Crippen LogP) is 4.09. The average molecular weight is 359 g/mol. The van der Waals surface area contributed by atoms with Gasteiger partial charge in [0.25, 0.3) is 0 Å². The Hall–Kier alpha value is -2.64. The van der Waals surface area contributed by atoms with Crippen LogP contribution in [0.4, 0.5) is 5.69 Å². The molecule has 4 heteroatoms. The number of anilines is 1. The van der Waals surface area contributed by atoms with Crippen LogP contribution in [0.1, 0.15) is 36.8 Å². The van der Waals surface area contributed by atoms with Crippen LogP contribution in [-0.2, 0) is 16.8 Å². The molecule has 0 bridgehead atoms. The average Bonchev–Trinajstić information content (AvgIpc) is 3.51. The predicted molar refractivity (Wildman–Crippen MR) is 106 cm³/mol. The Balaban J connectivity index is 1.34. The molecular weight excluding hydrogens is 334 g/mol. The highest BCUT2D eigenvalue weighted by molar-refractivity contribution is 5.92. The van der Waals surface area contributed by atoms with Gasteiger partial charge in [-0.05, 0) is 55.5 Å². The van der Waals surface area contributed by atoms with E-state index in [2.05, 4.69) is 40.6 Å². The van der Waals surface area contributed by atoms with Crippen molar-refractivity contribution in [2.45, 2.75) is 37.6 Å². The van der Waals surface area contributed by atoms with Crippen molar-refractivity contribution in [1.82, 2.24) is 4.90 Å². The van der Waals surface area contributed by atoms with E-state index >= 15 is 0 Å². The number of carbonyl (C=O) groups excluding carboxylic acids is 1. The van der Waals surface area contributed by atoms with E-state index in [1.54, 1.807) is 0 Å². The topological polar surface area (TPSA) is 56.1 Å². The summed E-state index contributed by atoms with van der Waals surface area (Å²) in [5.41, 5.74) is 2.90. The monoisotopic (exact) mass is 359 g/mol. The summed E-state index contributed by atoms with van der Waals surface area (Å²) < 4.78 is 0. The molecule has 1 N–H and O–H groups in total. The normalized spacial score (nSPS) is 21.2. The zero-order chi connectivity index (χ0) is 18.7. The van der Waals surface area contributed by atoms with Gasteiger partial charge < -0.3 is 5.32 Å². The van der Waals surface area contributed by atoms with Gasteiger partial charge in [0.05, 0.1) is 17.4 Å². The van der Waals surface area contributed by atoms with E-state index in [9.17, 15) is 10.1 Å². The molecule has 1 saturated carbocycles. The number of nitrogens with one attached hydrogen (secondary N) is 1. The van der Waals surface area contributed by atoms with Gasteiger partial charge in [-0.1, -0.05) is 42.5 Å². The lowest BCUT2D eigenvalue weighted by atomic mass is 9.96. The van der Waals surface area contributed by atoms with Crippen molar-refractivity contribution in [2.75, 3.05) is 18.4 Å². The molecule has 2 aliphatic rings. The van der Waals surface area contributed by atoms with Crippen molar-refractivity contribution in [1.29, 1.82) is 5.26 Å². The number of nitrogens with zero attached hydrogens (tertiary/aromatic N) is 2. The van der Waals surface area contributed by atoms with Crippen LogP contribution in [0.5, 0.6) is 0 Å². The Morgan fingerprint density at radius 3 is 2.56 bits per heavy atom. The molecule has 1 aliphatic heterocycles. The first-order valence-corrected chi connectivity index (χ1v) is 9.77. The van der Waals surface area contributed by atoms with Crippen LogP contribution < -0.4 is 5.32 Å². The van der Waals surface area contributed by atoms with E-state index in [0.717, 1.165) is 56.6 Å². The fourth-order valence-electron chi connectivity index (χ4n) is 3.96. The Bertz CT molecular complexity index is 834. The van der Waals surface area contributed by atoms with Crippen LogP contribution in [0.3, 0.4) is 0 Å². The number of hydrogen-bond donors (Lipinski definition) is 1. The third kappa shape index (κ3) is 4.04. The fraction of sp³-hybridized carbons (Fsp3) is 0.391. The van der Waals surface area contributed by atoms with Crippen molar-refractivity contribution in [3.63, 3.8) is 0 Å². The zero-order valence-electron chi connectivity index (χ0n) is 15.5. The first-order chi connectivity index (χ1) is 13.2. The Morgan fingerprint density at radius 1 is 1.15 bits per heavy atom. The molecule has 0 aromatic heterocycles. The maximum Gasteiger partial charge on any atom is 0.228 e. The molecule has 2 aromatic carbocycles. The first kappa shape index (κ1) is 17.8. The SMILES string of the molecule is N#CC1(c2ccc(NC(=O)[C@@H]3CCCN(Cc4ccccc4)C3)cc2)CC1. The van der Waals surface area contributed by atoms with Crippen LogP contribution in [0.25, 0.3) is 0 Å². The molecule has 138 valence electrons. The summed E-state index contributed by atoms with van der Waals surface area (Å²) in [7, 11) is 0. The highest BCUT2D eigenvalue weighted by atomic mass is 16.1. The molecule has 2 fully saturated rings. The van der Waals surface area contributed by atoms with Gasteiger partial charge in [-0.15, -0.1) is 0 Å². The summed E-state index contributed by atoms with van der Waals surface area (Å²) in [6.45, 7) is 2.75. The van der Waals surface area contributed by atoms with Gasteiger partial charge >= 0.3 is 0 Å². The van der Waals surface area contributed by atoms with Gasteiger partial charge in [-0.25, -0.2) is 0 Å². The number of hydrogen-bond acceptors (Lipinski definition) is 3. The van der Waals surface area contributed by atoms with E-state index in [0.29, 0.717) is 0 Å². The molecule has 0 unspecified atom stereocenters. The maximum absolute atomic E-state index is 12.7. The summed E-state index contributed by atoms with van der Waals surface area (Å²) in [4.78, 5) is 15.1. The number of nitriles is 1. The molecule has 2 aromatic rings. The Labute approximate surface area is 160 Å². The molecule has 4 nitrogen and oxygen atoms in total. The van der Waals surface area contributed by atoms with E-state index in [1.165, 1.54) is 5.56 Å². The van der Waals surface area contributed by atoms with Gasteiger partial charge in [-0.2, -0.15) is 5.26 Å². The van der Waals surface area contributed by atoms with E-state index in [4.69, 9.17) is 0 Å². The molecule has 4 rings (SSSR count). The minimum Gasteiger partial charge on any atom is -0.326 e. The molecule has 1 heterocycles. The van der Waals surface area contributed by atoms with Crippen molar-refractivity contribution in [3.8, 4) is 6.07 Å². The smallest absolute Gasteiger partial charge is 0.228 e. The number of benzene rings is 2. The minimum absolute atomic E-state index is 0.0241. The number of carbonyl (C=O) groups is 1. The second-order valence-electron chi connectivity index (χ2n) is 7.82. The highest BCUT2D eigenvalue weighted by Gasteiger charge is 2.44. The Kier molecular flexibility index (Phi) is 4.96. The second kappa shape index (κ2) is 7.54. The largest absolute Gasteiger partial charge is 0.326 e. The molecule has 0 radical (unpaired) electrons. The molecule has 0 spiro atoms. The molecule has 1 aliphatic carbocycles. The lowest BCUT2D eigenvalue weighted by Crippen LogP contribution is -2.40. The molecule has 1 atom stereocenters. The molecule has 1 saturated heterocycles. The number of amides is 1. The summed E-state index contributed by atoms with van der Waals surface area (Å²) in [6, 6.07) is 20.7. The first-order valence-electron chi connectivity index (χ1n) is 9.77. The lowest BCUT2D eigenvalue weighted by Gasteiger charge is -2.32. The number of piperidine rings is 1. The van der Waals surface area contributed by atoms with Crippen LogP contribution in [0.15, 0.2) is 54.6 Å². The summed E-state index contributed by atoms with van der Waals surface area (Å²) in [5, 5.41) is 12.4. The molecule has 1 amide bonds. The summed E-state index contributed by atoms with van der Waals surface area (Å²) in [5.74, 6) is 0.123. The third-order valence-corrected chi connectivity index (χ3v) is 5.79. The standard InChI is InChI=1S/C23H25N3O/c24-17-23(12-13-23)20-8-10-21(11-9-20)25-22(27)19-7-4-14-26(16-19)15-18-5-2-1-3-6-18/h1-3,5-6,8-11,19H,4,7,12-16H2,(H,25,27)/t19-/m1/s1. The van der Waals surface area contributed by atoms with Crippen LogP contribution in [0.2, 0.25) is 0 Å². The van der Waals surface area contributed by atoms with Crippen molar-refractivity contribution < 1.29 is 4.79 Å². The lowest BCUT2D eigenvalue weighted by molar-refractivity contribution is -0.121. The van der Waals surface area contributed by atoms with Crippen LogP contribution in [0, 0.1) is 17.2 Å². The van der Waals surface area contributed by atoms with E-state index in [-0.39, 0.29) is 17.2 Å². The fourth-order valence-corrected chi connectivity index (χ4v) is 3.96. The third-order valence-electron chi connectivity index (χ3n) is 5.79. The van der Waals surface area contributed by atoms with Gasteiger partial charge in [0.1, 0.15) is 0 Å². The second-order valence-corrected chi connectivity index (χ2v) is 7.82. The van der Waals surface area contributed by atoms with Crippen molar-refractivity contribution >= 4 is 11.6 Å². The zero-order valence-corrected chi connectivity index (χ0v) is 15.5. The highest BCUT2D eigenvalue weighted by Crippen LogP contribution is 2.47. The van der Waals surface area contributed by atoms with E-state index < -0.39 is 0 Å². The van der Waals surface area contributed by atoms with Crippen molar-refractivity contribution in [3.05, 3.63) is 65.7 Å². The van der Waals surface area contributed by atoms with Crippen LogP contribution in [-0.4, -0.2) is 23.9 Å². The minimum atomic E-state index is -0.274. The van der Waals surface area contributed by atoms with Crippen molar-refractivity contribution in [2.24, 2.45) is 5.92 Å². The molecular formula is C23H25N3O. The van der Waals surface area contributed by atoms with Gasteiger partial charge in [0, 0.05) is 18.8 Å². The van der Waals surface area contributed by atoms with E-state index in [1.807, 2.05) is 30.3 Å².